The Bertz CT molecular complexity index is 463. The number of pyridine rings is 1. The number of hydrogen-bond acceptors (Lipinski definition) is 0. The third-order valence-electron chi connectivity index (χ3n) is 3.85. The van der Waals surface area contributed by atoms with Gasteiger partial charge in [-0.1, -0.05) is 71.3 Å². The standard InChI is InChI=1S/C18H32N.F6P/c1-3-4-5-6-7-8-9-11-14-18(2)17-19-15-12-10-13-16-19;1-7(2,3,4,5)6/h10,12-13,15-16,18H,3-9,11,14,17H2,1-2H3;/q+1;-1. The fourth-order valence-electron chi connectivity index (χ4n) is 2.63. The molecule has 0 N–H and O–H groups in total. The molecule has 0 aliphatic rings. The van der Waals surface area contributed by atoms with Gasteiger partial charge in [-0.25, -0.2) is 4.57 Å². The van der Waals surface area contributed by atoms with Gasteiger partial charge in [-0.3, -0.25) is 0 Å². The van der Waals surface area contributed by atoms with Gasteiger partial charge >= 0.3 is 33.0 Å². The zero-order valence-electron chi connectivity index (χ0n) is 15.7. The minimum absolute atomic E-state index is 0.799. The first-order chi connectivity index (χ1) is 11.8. The van der Waals surface area contributed by atoms with E-state index in [-0.39, 0.29) is 0 Å². The van der Waals surface area contributed by atoms with E-state index in [0.717, 1.165) is 12.5 Å². The Balaban J connectivity index is 0.000000758. The molecule has 0 radical (unpaired) electrons. The Kier molecular flexibility index (Phi) is 10.1. The van der Waals surface area contributed by atoms with Gasteiger partial charge in [0.1, 0.15) is 0 Å². The average molecular weight is 407 g/mol. The summed E-state index contributed by atoms with van der Waals surface area (Å²) in [6, 6.07) is 6.31. The molecular weight excluding hydrogens is 375 g/mol. The van der Waals surface area contributed by atoms with Crippen molar-refractivity contribution < 1.29 is 29.7 Å². The molecule has 1 rings (SSSR count). The maximum absolute atomic E-state index is 10.7. The molecule has 1 aromatic rings. The molecule has 1 heterocycles. The number of halogens is 6. The summed E-state index contributed by atoms with van der Waals surface area (Å²) in [5, 5.41) is 0. The molecule has 1 atom stereocenters. The Labute approximate surface area is 153 Å². The van der Waals surface area contributed by atoms with Crippen molar-refractivity contribution in [2.45, 2.75) is 78.2 Å². The normalized spacial score (nSPS) is 15.4. The van der Waals surface area contributed by atoms with Crippen LogP contribution in [0.2, 0.25) is 0 Å². The van der Waals surface area contributed by atoms with Crippen molar-refractivity contribution in [1.82, 2.24) is 0 Å². The van der Waals surface area contributed by atoms with Crippen LogP contribution in [0.15, 0.2) is 30.6 Å². The Morgan fingerprint density at radius 1 is 0.731 bits per heavy atom. The Hall–Kier alpha value is -0.840. The maximum atomic E-state index is 9.87. The molecular formula is C18H32F6NP. The summed E-state index contributed by atoms with van der Waals surface area (Å²) in [7, 11) is -10.7. The van der Waals surface area contributed by atoms with Gasteiger partial charge in [-0.05, 0) is 6.42 Å². The molecule has 0 saturated heterocycles. The fraction of sp³-hybridized carbons (Fsp3) is 0.722. The molecule has 0 aliphatic carbocycles. The van der Waals surface area contributed by atoms with Crippen molar-refractivity contribution >= 4 is 7.81 Å². The summed E-state index contributed by atoms with van der Waals surface area (Å²) >= 11 is 0. The number of rotatable bonds is 11. The Morgan fingerprint density at radius 3 is 1.62 bits per heavy atom. The van der Waals surface area contributed by atoms with Gasteiger partial charge in [0.15, 0.2) is 18.9 Å². The monoisotopic (exact) mass is 407 g/mol. The van der Waals surface area contributed by atoms with Crippen LogP contribution in [0.1, 0.15) is 71.6 Å². The molecule has 0 saturated carbocycles. The first kappa shape index (κ1) is 25.2. The number of aromatic nitrogens is 1. The van der Waals surface area contributed by atoms with E-state index in [9.17, 15) is 25.2 Å². The zero-order chi connectivity index (χ0) is 20.2. The number of hydrogen-bond donors (Lipinski definition) is 0. The third-order valence-corrected chi connectivity index (χ3v) is 3.85. The van der Waals surface area contributed by atoms with Gasteiger partial charge in [0.25, 0.3) is 0 Å². The van der Waals surface area contributed by atoms with Crippen LogP contribution >= 0.6 is 7.81 Å². The van der Waals surface area contributed by atoms with Crippen LogP contribution in [-0.2, 0) is 6.54 Å². The molecule has 26 heavy (non-hydrogen) atoms. The second-order valence-electron chi connectivity index (χ2n) is 6.90. The van der Waals surface area contributed by atoms with Crippen LogP contribution < -0.4 is 4.57 Å². The van der Waals surface area contributed by atoms with E-state index in [1.54, 1.807) is 0 Å². The van der Waals surface area contributed by atoms with Crippen molar-refractivity contribution in [3.05, 3.63) is 30.6 Å². The predicted molar refractivity (Wildman–Crippen MR) is 96.6 cm³/mol. The first-order valence-corrected chi connectivity index (χ1v) is 11.3. The number of unbranched alkanes of at least 4 members (excludes halogenated alkanes) is 7. The predicted octanol–water partition coefficient (Wildman–Crippen LogP) is 8.52. The SMILES string of the molecule is CCCCCCCCCCC(C)C[n+]1ccccc1.F[P-](F)(F)(F)(F)F. The van der Waals surface area contributed by atoms with Crippen molar-refractivity contribution in [3.8, 4) is 0 Å². The molecule has 0 amide bonds. The molecule has 0 aliphatic heterocycles. The third kappa shape index (κ3) is 25.4. The quantitative estimate of drug-likeness (QED) is 0.150. The summed E-state index contributed by atoms with van der Waals surface area (Å²) < 4.78 is 61.5. The summed E-state index contributed by atoms with van der Waals surface area (Å²) in [5.74, 6) is 0.799. The van der Waals surface area contributed by atoms with Crippen molar-refractivity contribution in [1.29, 1.82) is 0 Å². The fourth-order valence-corrected chi connectivity index (χ4v) is 2.63. The van der Waals surface area contributed by atoms with Crippen LogP contribution in [0.5, 0.6) is 0 Å². The van der Waals surface area contributed by atoms with E-state index < -0.39 is 7.81 Å². The van der Waals surface area contributed by atoms with Crippen LogP contribution in [0, 0.1) is 5.92 Å². The van der Waals surface area contributed by atoms with Crippen molar-refractivity contribution in [2.75, 3.05) is 0 Å². The van der Waals surface area contributed by atoms with Gasteiger partial charge in [0, 0.05) is 18.1 Å². The molecule has 0 aromatic carbocycles. The van der Waals surface area contributed by atoms with Gasteiger partial charge in [-0.15, -0.1) is 0 Å². The summed E-state index contributed by atoms with van der Waals surface area (Å²) in [6.45, 7) is 5.82. The zero-order valence-corrected chi connectivity index (χ0v) is 16.6. The van der Waals surface area contributed by atoms with E-state index in [2.05, 4.69) is 49.0 Å². The van der Waals surface area contributed by atoms with Gasteiger partial charge < -0.3 is 0 Å². The molecule has 1 nitrogen and oxygen atoms in total. The molecule has 1 aromatic heterocycles. The van der Waals surface area contributed by atoms with Crippen LogP contribution in [0.4, 0.5) is 25.2 Å². The van der Waals surface area contributed by atoms with E-state index in [1.807, 2.05) is 0 Å². The van der Waals surface area contributed by atoms with Gasteiger partial charge in [-0.2, -0.15) is 0 Å². The minimum atomic E-state index is -10.7. The first-order valence-electron chi connectivity index (χ1n) is 9.28. The van der Waals surface area contributed by atoms with Crippen LogP contribution in [0.3, 0.4) is 0 Å². The summed E-state index contributed by atoms with van der Waals surface area (Å²) in [6.07, 6.45) is 17.1. The Morgan fingerprint density at radius 2 is 1.15 bits per heavy atom. The molecule has 0 spiro atoms. The van der Waals surface area contributed by atoms with E-state index in [0.29, 0.717) is 0 Å². The number of nitrogens with zero attached hydrogens (tertiary/aromatic N) is 1. The van der Waals surface area contributed by atoms with Gasteiger partial charge in [0.05, 0.1) is 0 Å². The van der Waals surface area contributed by atoms with E-state index >= 15 is 0 Å². The van der Waals surface area contributed by atoms with Gasteiger partial charge in [0.2, 0.25) is 0 Å². The van der Waals surface area contributed by atoms with E-state index in [1.165, 1.54) is 57.8 Å². The molecule has 0 bridgehead atoms. The molecule has 8 heteroatoms. The molecule has 1 unspecified atom stereocenters. The molecule has 156 valence electrons. The molecule has 0 fully saturated rings. The summed E-state index contributed by atoms with van der Waals surface area (Å²) in [5.41, 5.74) is 0. The van der Waals surface area contributed by atoms with Crippen molar-refractivity contribution in [2.24, 2.45) is 5.92 Å². The van der Waals surface area contributed by atoms with Crippen LogP contribution in [-0.4, -0.2) is 0 Å². The van der Waals surface area contributed by atoms with Crippen LogP contribution in [0.25, 0.3) is 0 Å². The second kappa shape index (κ2) is 10.5. The summed E-state index contributed by atoms with van der Waals surface area (Å²) in [4.78, 5) is 0. The van der Waals surface area contributed by atoms with Crippen molar-refractivity contribution in [3.63, 3.8) is 0 Å². The second-order valence-corrected chi connectivity index (χ2v) is 8.82. The average Bonchev–Trinajstić information content (AvgIpc) is 2.48. The topological polar surface area (TPSA) is 3.88 Å². The van der Waals surface area contributed by atoms with E-state index in [4.69, 9.17) is 0 Å².